The van der Waals surface area contributed by atoms with E-state index in [9.17, 15) is 9.59 Å². The molecule has 2 fully saturated rings. The molecule has 1 atom stereocenters. The van der Waals surface area contributed by atoms with Crippen LogP contribution in [0.1, 0.15) is 88.2 Å². The van der Waals surface area contributed by atoms with E-state index in [0.29, 0.717) is 13.0 Å². The second-order valence-electron chi connectivity index (χ2n) is 8.99. The second-order valence-corrected chi connectivity index (χ2v) is 8.99. The Kier molecular flexibility index (Phi) is 6.82. The van der Waals surface area contributed by atoms with Crippen molar-refractivity contribution in [1.82, 2.24) is 25.0 Å². The Morgan fingerprint density at radius 1 is 0.931 bits per heavy atom. The van der Waals surface area contributed by atoms with E-state index in [-0.39, 0.29) is 23.7 Å². The highest BCUT2D eigenvalue weighted by molar-refractivity contribution is 5.80. The summed E-state index contributed by atoms with van der Waals surface area (Å²) in [6.45, 7) is 3.01. The van der Waals surface area contributed by atoms with E-state index in [4.69, 9.17) is 0 Å². The van der Waals surface area contributed by atoms with Crippen molar-refractivity contribution in [3.63, 3.8) is 0 Å². The fraction of sp³-hybridized carbons (Fsp3) is 0.818. The van der Waals surface area contributed by atoms with Crippen molar-refractivity contribution < 1.29 is 9.59 Å². The van der Waals surface area contributed by atoms with Gasteiger partial charge < -0.3 is 14.8 Å². The maximum atomic E-state index is 12.7. The number of carbonyl (C=O) groups excluding carboxylic acids is 2. The topological polar surface area (TPSA) is 80.1 Å². The molecule has 29 heavy (non-hydrogen) atoms. The van der Waals surface area contributed by atoms with Crippen molar-refractivity contribution in [3.05, 3.63) is 11.6 Å². The van der Waals surface area contributed by atoms with E-state index in [1.807, 2.05) is 4.90 Å². The fourth-order valence-electron chi connectivity index (χ4n) is 5.18. The van der Waals surface area contributed by atoms with E-state index >= 15 is 0 Å². The molecule has 3 heterocycles. The number of amides is 2. The Morgan fingerprint density at radius 2 is 1.76 bits per heavy atom. The van der Waals surface area contributed by atoms with E-state index in [0.717, 1.165) is 76.2 Å². The van der Waals surface area contributed by atoms with Crippen molar-refractivity contribution in [2.45, 2.75) is 89.5 Å². The Balaban J connectivity index is 1.27. The number of hydrogen-bond donors (Lipinski definition) is 1. The highest BCUT2D eigenvalue weighted by Crippen LogP contribution is 2.28. The van der Waals surface area contributed by atoms with Crippen LogP contribution < -0.4 is 5.32 Å². The van der Waals surface area contributed by atoms with Crippen molar-refractivity contribution in [3.8, 4) is 0 Å². The van der Waals surface area contributed by atoms with Gasteiger partial charge in [0.15, 0.2) is 0 Å². The van der Waals surface area contributed by atoms with E-state index in [1.54, 1.807) is 0 Å². The highest BCUT2D eigenvalue weighted by atomic mass is 16.2. The molecule has 7 heteroatoms. The Labute approximate surface area is 173 Å². The van der Waals surface area contributed by atoms with Gasteiger partial charge in [-0.15, -0.1) is 10.2 Å². The van der Waals surface area contributed by atoms with Crippen LogP contribution in [0.15, 0.2) is 0 Å². The van der Waals surface area contributed by atoms with Crippen LogP contribution in [0.3, 0.4) is 0 Å². The van der Waals surface area contributed by atoms with Crippen molar-refractivity contribution in [2.75, 3.05) is 19.6 Å². The molecule has 2 amide bonds. The van der Waals surface area contributed by atoms with E-state index in [2.05, 4.69) is 20.1 Å². The van der Waals surface area contributed by atoms with Gasteiger partial charge in [-0.2, -0.15) is 0 Å². The number of piperidine rings is 1. The molecular formula is C22H35N5O2. The van der Waals surface area contributed by atoms with Crippen LogP contribution in [0.25, 0.3) is 0 Å². The largest absolute Gasteiger partial charge is 0.355 e. The molecule has 0 spiro atoms. The molecule has 160 valence electrons. The molecule has 0 aromatic carbocycles. The van der Waals surface area contributed by atoms with Gasteiger partial charge in [0.2, 0.25) is 11.8 Å². The number of hydrogen-bond acceptors (Lipinski definition) is 4. The third-order valence-corrected chi connectivity index (χ3v) is 6.89. The van der Waals surface area contributed by atoms with Crippen LogP contribution in [-0.4, -0.2) is 51.1 Å². The fourth-order valence-corrected chi connectivity index (χ4v) is 5.18. The summed E-state index contributed by atoms with van der Waals surface area (Å²) < 4.78 is 2.32. The number of nitrogens with one attached hydrogen (secondary N) is 1. The van der Waals surface area contributed by atoms with Gasteiger partial charge in [-0.25, -0.2) is 0 Å². The SMILES string of the molecule is O=C(NCCC(=O)N1CCCC(c2nnc3n2CCCCC3)C1)C1CCCCC1. The number of carbonyl (C=O) groups is 2. The van der Waals surface area contributed by atoms with E-state index < -0.39 is 0 Å². The summed E-state index contributed by atoms with van der Waals surface area (Å²) in [6.07, 6.45) is 12.7. The first-order chi connectivity index (χ1) is 14.2. The number of fused-ring (bicyclic) bond motifs is 1. The highest BCUT2D eigenvalue weighted by Gasteiger charge is 2.29. The number of rotatable bonds is 5. The third-order valence-electron chi connectivity index (χ3n) is 6.89. The van der Waals surface area contributed by atoms with Crippen molar-refractivity contribution >= 4 is 11.8 Å². The summed E-state index contributed by atoms with van der Waals surface area (Å²) in [6, 6.07) is 0. The molecule has 7 nitrogen and oxygen atoms in total. The minimum Gasteiger partial charge on any atom is -0.355 e. The number of likely N-dealkylation sites (tertiary alicyclic amines) is 1. The molecule has 1 saturated heterocycles. The molecule has 4 rings (SSSR count). The lowest BCUT2D eigenvalue weighted by Gasteiger charge is -2.32. The van der Waals surface area contributed by atoms with Crippen LogP contribution in [0, 0.1) is 5.92 Å². The molecule has 3 aliphatic rings. The van der Waals surface area contributed by atoms with Gasteiger partial charge >= 0.3 is 0 Å². The minimum atomic E-state index is 0.139. The van der Waals surface area contributed by atoms with Crippen LogP contribution in [0.2, 0.25) is 0 Å². The predicted octanol–water partition coefficient (Wildman–Crippen LogP) is 2.80. The standard InChI is InChI=1S/C22H35N5O2/c28-20(12-13-23-22(29)17-8-3-1-4-9-17)26-14-7-10-18(16-26)21-25-24-19-11-5-2-6-15-27(19)21/h17-18H,1-16H2,(H,23,29). The van der Waals surface area contributed by atoms with Crippen LogP contribution in [-0.2, 0) is 22.6 Å². The molecule has 2 aliphatic heterocycles. The summed E-state index contributed by atoms with van der Waals surface area (Å²) in [7, 11) is 0. The number of nitrogens with zero attached hydrogens (tertiary/aromatic N) is 4. The molecule has 1 saturated carbocycles. The summed E-state index contributed by atoms with van der Waals surface area (Å²) in [5.74, 6) is 2.91. The predicted molar refractivity (Wildman–Crippen MR) is 110 cm³/mol. The zero-order chi connectivity index (χ0) is 20.1. The summed E-state index contributed by atoms with van der Waals surface area (Å²) in [5, 5.41) is 11.9. The molecular weight excluding hydrogens is 366 g/mol. The van der Waals surface area contributed by atoms with Gasteiger partial charge in [0.1, 0.15) is 11.6 Å². The van der Waals surface area contributed by atoms with Gasteiger partial charge in [0.25, 0.3) is 0 Å². The average Bonchev–Trinajstić information content (AvgIpc) is 3.02. The maximum absolute atomic E-state index is 12.7. The first-order valence-corrected chi connectivity index (χ1v) is 11.7. The molecule has 1 unspecified atom stereocenters. The summed E-state index contributed by atoms with van der Waals surface area (Å²) in [4.78, 5) is 27.0. The molecule has 1 N–H and O–H groups in total. The lowest BCUT2D eigenvalue weighted by Crippen LogP contribution is -2.41. The molecule has 1 aromatic heterocycles. The number of aryl methyl sites for hydroxylation is 1. The minimum absolute atomic E-state index is 0.139. The van der Waals surface area contributed by atoms with Crippen molar-refractivity contribution in [2.24, 2.45) is 5.92 Å². The van der Waals surface area contributed by atoms with Gasteiger partial charge in [0, 0.05) is 50.9 Å². The van der Waals surface area contributed by atoms with Crippen LogP contribution in [0.4, 0.5) is 0 Å². The average molecular weight is 402 g/mol. The van der Waals surface area contributed by atoms with Gasteiger partial charge in [-0.05, 0) is 38.5 Å². The normalized spacial score (nSPS) is 23.3. The Hall–Kier alpha value is -1.92. The van der Waals surface area contributed by atoms with Crippen LogP contribution in [0.5, 0.6) is 0 Å². The first-order valence-electron chi connectivity index (χ1n) is 11.7. The van der Waals surface area contributed by atoms with Crippen molar-refractivity contribution in [1.29, 1.82) is 0 Å². The third kappa shape index (κ3) is 4.98. The lowest BCUT2D eigenvalue weighted by atomic mass is 9.89. The van der Waals surface area contributed by atoms with E-state index in [1.165, 1.54) is 25.7 Å². The van der Waals surface area contributed by atoms with Gasteiger partial charge in [0.05, 0.1) is 0 Å². The zero-order valence-corrected chi connectivity index (χ0v) is 17.6. The maximum Gasteiger partial charge on any atom is 0.224 e. The molecule has 1 aliphatic carbocycles. The lowest BCUT2D eigenvalue weighted by molar-refractivity contribution is -0.132. The zero-order valence-electron chi connectivity index (χ0n) is 17.6. The Bertz CT molecular complexity index is 710. The second kappa shape index (κ2) is 9.72. The first kappa shape index (κ1) is 20.4. The molecule has 0 bridgehead atoms. The quantitative estimate of drug-likeness (QED) is 0.823. The van der Waals surface area contributed by atoms with Gasteiger partial charge in [-0.1, -0.05) is 25.7 Å². The van der Waals surface area contributed by atoms with Crippen LogP contribution >= 0.6 is 0 Å². The summed E-state index contributed by atoms with van der Waals surface area (Å²) in [5.41, 5.74) is 0. The molecule has 1 aromatic rings. The van der Waals surface area contributed by atoms with Gasteiger partial charge in [-0.3, -0.25) is 9.59 Å². The molecule has 0 radical (unpaired) electrons. The monoisotopic (exact) mass is 401 g/mol. The number of aromatic nitrogens is 3. The smallest absolute Gasteiger partial charge is 0.224 e. The Morgan fingerprint density at radius 3 is 2.62 bits per heavy atom. The summed E-state index contributed by atoms with van der Waals surface area (Å²) >= 11 is 0.